The lowest BCUT2D eigenvalue weighted by atomic mass is 9.98. The molecule has 0 bridgehead atoms. The first-order chi connectivity index (χ1) is 12.8. The Balaban J connectivity index is 1.93. The third kappa shape index (κ3) is 3.04. The monoisotopic (exact) mass is 345 g/mol. The molecule has 1 aliphatic rings. The summed E-state index contributed by atoms with van der Waals surface area (Å²) >= 11 is 0. The molecular weight excluding hydrogens is 322 g/mol. The Kier molecular flexibility index (Phi) is 4.59. The van der Waals surface area contributed by atoms with Crippen molar-refractivity contribution in [3.05, 3.63) is 66.7 Å². The molecule has 4 heteroatoms. The van der Waals surface area contributed by atoms with E-state index in [-0.39, 0.29) is 5.91 Å². The van der Waals surface area contributed by atoms with E-state index in [1.165, 1.54) is 10.8 Å². The van der Waals surface area contributed by atoms with Crippen LogP contribution in [0.1, 0.15) is 10.4 Å². The van der Waals surface area contributed by atoms with E-state index in [0.717, 1.165) is 48.2 Å². The molecule has 0 aromatic heterocycles. The molecule has 0 unspecified atom stereocenters. The van der Waals surface area contributed by atoms with Gasteiger partial charge >= 0.3 is 0 Å². The standard InChI is InChI=1S/C22H23N3O/c1-2-9-24-22(26)19-8-7-18-14-16-5-3-4-6-17(16)15-20(18)21(19)25-12-10-23-11-13-25/h2-8,14-15,23H,1,9-13H2,(H,24,26). The lowest BCUT2D eigenvalue weighted by Gasteiger charge is -2.32. The maximum absolute atomic E-state index is 12.8. The largest absolute Gasteiger partial charge is 0.368 e. The molecule has 4 rings (SSSR count). The van der Waals surface area contributed by atoms with Crippen LogP contribution in [0.15, 0.2) is 61.2 Å². The van der Waals surface area contributed by atoms with Gasteiger partial charge in [-0.25, -0.2) is 0 Å². The normalized spacial score (nSPS) is 14.5. The highest BCUT2D eigenvalue weighted by Gasteiger charge is 2.21. The highest BCUT2D eigenvalue weighted by Crippen LogP contribution is 2.34. The number of rotatable bonds is 4. The zero-order valence-corrected chi connectivity index (χ0v) is 14.8. The van der Waals surface area contributed by atoms with Crippen LogP contribution in [0.4, 0.5) is 5.69 Å². The molecule has 1 fully saturated rings. The van der Waals surface area contributed by atoms with E-state index < -0.39 is 0 Å². The summed E-state index contributed by atoms with van der Waals surface area (Å²) in [6.07, 6.45) is 1.71. The number of benzene rings is 3. The van der Waals surface area contributed by atoms with Crippen LogP contribution < -0.4 is 15.5 Å². The molecule has 0 aliphatic carbocycles. The molecule has 1 amide bonds. The fourth-order valence-corrected chi connectivity index (χ4v) is 3.67. The van der Waals surface area contributed by atoms with Crippen LogP contribution in [0.25, 0.3) is 21.5 Å². The molecule has 2 N–H and O–H groups in total. The summed E-state index contributed by atoms with van der Waals surface area (Å²) in [6, 6.07) is 16.8. The van der Waals surface area contributed by atoms with Crippen molar-refractivity contribution in [2.24, 2.45) is 0 Å². The van der Waals surface area contributed by atoms with Gasteiger partial charge in [0.05, 0.1) is 11.3 Å². The molecule has 3 aromatic rings. The van der Waals surface area contributed by atoms with Gasteiger partial charge in [0.1, 0.15) is 0 Å². The van der Waals surface area contributed by atoms with Gasteiger partial charge in [-0.05, 0) is 34.4 Å². The number of carbonyl (C=O) groups is 1. The Bertz CT molecular complexity index is 974. The van der Waals surface area contributed by atoms with Gasteiger partial charge in [0.15, 0.2) is 0 Å². The summed E-state index contributed by atoms with van der Waals surface area (Å²) in [5.41, 5.74) is 1.77. The molecule has 4 nitrogen and oxygen atoms in total. The average Bonchev–Trinajstić information content (AvgIpc) is 2.70. The number of hydrogen-bond donors (Lipinski definition) is 2. The summed E-state index contributed by atoms with van der Waals surface area (Å²) in [5, 5.41) is 11.0. The maximum Gasteiger partial charge on any atom is 0.253 e. The zero-order chi connectivity index (χ0) is 17.9. The van der Waals surface area contributed by atoms with Crippen LogP contribution in [0, 0.1) is 0 Å². The molecular formula is C22H23N3O. The molecule has 0 atom stereocenters. The van der Waals surface area contributed by atoms with Gasteiger partial charge in [-0.3, -0.25) is 4.79 Å². The molecule has 0 radical (unpaired) electrons. The van der Waals surface area contributed by atoms with Crippen molar-refractivity contribution in [1.29, 1.82) is 0 Å². The van der Waals surface area contributed by atoms with Crippen LogP contribution in [-0.4, -0.2) is 38.6 Å². The number of nitrogens with one attached hydrogen (secondary N) is 2. The van der Waals surface area contributed by atoms with E-state index >= 15 is 0 Å². The van der Waals surface area contributed by atoms with Gasteiger partial charge in [-0.1, -0.05) is 36.4 Å². The van der Waals surface area contributed by atoms with Crippen LogP contribution in [0.2, 0.25) is 0 Å². The summed E-state index contributed by atoms with van der Waals surface area (Å²) in [6.45, 7) is 7.81. The minimum Gasteiger partial charge on any atom is -0.368 e. The first-order valence-corrected chi connectivity index (χ1v) is 9.08. The molecule has 1 aliphatic heterocycles. The minimum atomic E-state index is -0.0477. The fourth-order valence-electron chi connectivity index (χ4n) is 3.67. The van der Waals surface area contributed by atoms with Crippen molar-refractivity contribution in [3.63, 3.8) is 0 Å². The predicted octanol–water partition coefficient (Wildman–Crippen LogP) is 3.32. The Morgan fingerprint density at radius 3 is 2.54 bits per heavy atom. The molecule has 3 aromatic carbocycles. The molecule has 26 heavy (non-hydrogen) atoms. The third-order valence-corrected chi connectivity index (χ3v) is 4.94. The maximum atomic E-state index is 12.8. The van der Waals surface area contributed by atoms with Crippen molar-refractivity contribution in [1.82, 2.24) is 10.6 Å². The first-order valence-electron chi connectivity index (χ1n) is 9.08. The van der Waals surface area contributed by atoms with Crippen molar-refractivity contribution in [2.75, 3.05) is 37.6 Å². The second-order valence-electron chi connectivity index (χ2n) is 6.62. The summed E-state index contributed by atoms with van der Waals surface area (Å²) < 4.78 is 0. The summed E-state index contributed by atoms with van der Waals surface area (Å²) in [5.74, 6) is -0.0477. The van der Waals surface area contributed by atoms with Crippen molar-refractivity contribution >= 4 is 33.1 Å². The fraction of sp³-hybridized carbons (Fsp3) is 0.227. The average molecular weight is 345 g/mol. The number of fused-ring (bicyclic) bond motifs is 2. The quantitative estimate of drug-likeness (QED) is 0.563. The lowest BCUT2D eigenvalue weighted by Crippen LogP contribution is -2.44. The lowest BCUT2D eigenvalue weighted by molar-refractivity contribution is 0.0958. The smallest absolute Gasteiger partial charge is 0.253 e. The Morgan fingerprint density at radius 2 is 1.81 bits per heavy atom. The second-order valence-corrected chi connectivity index (χ2v) is 6.62. The highest BCUT2D eigenvalue weighted by atomic mass is 16.1. The number of amides is 1. The summed E-state index contributed by atoms with van der Waals surface area (Å²) in [4.78, 5) is 15.1. The van der Waals surface area contributed by atoms with Crippen molar-refractivity contribution in [2.45, 2.75) is 0 Å². The number of anilines is 1. The Morgan fingerprint density at radius 1 is 1.08 bits per heavy atom. The molecule has 1 heterocycles. The SMILES string of the molecule is C=CCNC(=O)c1ccc2cc3ccccc3cc2c1N1CCNCC1. The van der Waals surface area contributed by atoms with Crippen LogP contribution in [0.5, 0.6) is 0 Å². The van der Waals surface area contributed by atoms with Crippen molar-refractivity contribution < 1.29 is 4.79 Å². The van der Waals surface area contributed by atoms with Crippen LogP contribution >= 0.6 is 0 Å². The molecule has 1 saturated heterocycles. The van der Waals surface area contributed by atoms with Crippen molar-refractivity contribution in [3.8, 4) is 0 Å². The number of piperazine rings is 1. The highest BCUT2D eigenvalue weighted by molar-refractivity contribution is 6.12. The molecule has 0 spiro atoms. The topological polar surface area (TPSA) is 44.4 Å². The number of nitrogens with zero attached hydrogens (tertiary/aromatic N) is 1. The number of carbonyl (C=O) groups excluding carboxylic acids is 1. The van der Waals surface area contributed by atoms with Gasteiger partial charge in [-0.15, -0.1) is 6.58 Å². The van der Waals surface area contributed by atoms with Gasteiger partial charge in [0, 0.05) is 38.1 Å². The van der Waals surface area contributed by atoms with E-state index in [4.69, 9.17) is 0 Å². The summed E-state index contributed by atoms with van der Waals surface area (Å²) in [7, 11) is 0. The number of hydrogen-bond acceptors (Lipinski definition) is 3. The van der Waals surface area contributed by atoms with Gasteiger partial charge in [0.25, 0.3) is 5.91 Å². The minimum absolute atomic E-state index is 0.0477. The van der Waals surface area contributed by atoms with Crippen LogP contribution in [-0.2, 0) is 0 Å². The molecule has 0 saturated carbocycles. The van der Waals surface area contributed by atoms with E-state index in [0.29, 0.717) is 6.54 Å². The van der Waals surface area contributed by atoms with E-state index in [9.17, 15) is 4.79 Å². The Hall–Kier alpha value is -2.85. The first kappa shape index (κ1) is 16.6. The predicted molar refractivity (Wildman–Crippen MR) is 109 cm³/mol. The molecule has 132 valence electrons. The van der Waals surface area contributed by atoms with Gasteiger partial charge < -0.3 is 15.5 Å². The Labute approximate surface area is 153 Å². The third-order valence-electron chi connectivity index (χ3n) is 4.94. The van der Waals surface area contributed by atoms with E-state index in [2.05, 4.69) is 64.6 Å². The van der Waals surface area contributed by atoms with Gasteiger partial charge in [0.2, 0.25) is 0 Å². The van der Waals surface area contributed by atoms with Crippen LogP contribution in [0.3, 0.4) is 0 Å². The zero-order valence-electron chi connectivity index (χ0n) is 14.8. The van der Waals surface area contributed by atoms with E-state index in [1.807, 2.05) is 6.07 Å². The second kappa shape index (κ2) is 7.18. The van der Waals surface area contributed by atoms with E-state index in [1.54, 1.807) is 6.08 Å². The van der Waals surface area contributed by atoms with Gasteiger partial charge in [-0.2, -0.15) is 0 Å².